The average Bonchev–Trinajstić information content (AvgIpc) is 2.17. The molecule has 0 atom stereocenters. The SMILES string of the molecule is COCOc1[c]cc(F)cc1CCCl. The van der Waals surface area contributed by atoms with Crippen LogP contribution in [-0.4, -0.2) is 19.8 Å². The van der Waals surface area contributed by atoms with Crippen LogP contribution in [0.15, 0.2) is 12.1 Å². The Hall–Kier alpha value is -0.800. The third kappa shape index (κ3) is 3.16. The Balaban J connectivity index is 2.78. The number of ether oxygens (including phenoxy) is 2. The summed E-state index contributed by atoms with van der Waals surface area (Å²) >= 11 is 5.57. The zero-order valence-corrected chi connectivity index (χ0v) is 8.60. The zero-order chi connectivity index (χ0) is 10.4. The fourth-order valence-corrected chi connectivity index (χ4v) is 1.24. The molecule has 4 heteroatoms. The number of rotatable bonds is 5. The molecule has 0 fully saturated rings. The van der Waals surface area contributed by atoms with Gasteiger partial charge in [0, 0.05) is 19.1 Å². The van der Waals surface area contributed by atoms with Crippen molar-refractivity contribution in [2.45, 2.75) is 6.42 Å². The van der Waals surface area contributed by atoms with Gasteiger partial charge in [-0.05, 0) is 24.1 Å². The van der Waals surface area contributed by atoms with Crippen LogP contribution in [0, 0.1) is 11.9 Å². The topological polar surface area (TPSA) is 18.5 Å². The van der Waals surface area contributed by atoms with E-state index in [1.165, 1.54) is 19.2 Å². The Kier molecular flexibility index (Phi) is 4.70. The molecule has 0 spiro atoms. The Morgan fingerprint density at radius 1 is 1.57 bits per heavy atom. The Morgan fingerprint density at radius 2 is 2.36 bits per heavy atom. The molecule has 0 aliphatic rings. The van der Waals surface area contributed by atoms with Gasteiger partial charge in [-0.15, -0.1) is 11.6 Å². The number of halogens is 2. The van der Waals surface area contributed by atoms with Crippen molar-refractivity contribution in [2.24, 2.45) is 0 Å². The smallest absolute Gasteiger partial charge is 0.188 e. The third-order valence-corrected chi connectivity index (χ3v) is 1.82. The van der Waals surface area contributed by atoms with Crippen LogP contribution in [0.5, 0.6) is 5.75 Å². The summed E-state index contributed by atoms with van der Waals surface area (Å²) in [6.45, 7) is 0.122. The van der Waals surface area contributed by atoms with Crippen molar-refractivity contribution in [3.05, 3.63) is 29.6 Å². The van der Waals surface area contributed by atoms with E-state index in [4.69, 9.17) is 21.1 Å². The van der Waals surface area contributed by atoms with Crippen molar-refractivity contribution in [2.75, 3.05) is 19.8 Å². The number of hydrogen-bond donors (Lipinski definition) is 0. The maximum absolute atomic E-state index is 12.8. The number of alkyl halides is 1. The van der Waals surface area contributed by atoms with Gasteiger partial charge in [-0.3, -0.25) is 0 Å². The van der Waals surface area contributed by atoms with Crippen LogP contribution in [0.2, 0.25) is 0 Å². The van der Waals surface area contributed by atoms with Crippen LogP contribution in [0.4, 0.5) is 4.39 Å². The van der Waals surface area contributed by atoms with Crippen molar-refractivity contribution in [3.63, 3.8) is 0 Å². The third-order valence-electron chi connectivity index (χ3n) is 1.63. The molecule has 0 heterocycles. The molecule has 14 heavy (non-hydrogen) atoms. The minimum Gasteiger partial charge on any atom is -0.467 e. The molecule has 0 unspecified atom stereocenters. The molecule has 1 aromatic rings. The molecule has 0 aliphatic carbocycles. The quantitative estimate of drug-likeness (QED) is 0.557. The highest BCUT2D eigenvalue weighted by atomic mass is 35.5. The van der Waals surface area contributed by atoms with E-state index in [2.05, 4.69) is 6.07 Å². The van der Waals surface area contributed by atoms with Crippen molar-refractivity contribution < 1.29 is 13.9 Å². The molecule has 0 bridgehead atoms. The van der Waals surface area contributed by atoms with Gasteiger partial charge in [0.05, 0.1) is 0 Å². The van der Waals surface area contributed by atoms with Crippen molar-refractivity contribution in [1.82, 2.24) is 0 Å². The standard InChI is InChI=1S/C10H11ClFO2/c1-13-7-14-10-3-2-9(12)6-8(10)4-5-11/h2,6H,4-5,7H2,1H3. The monoisotopic (exact) mass is 217 g/mol. The first-order chi connectivity index (χ1) is 6.77. The molecule has 0 saturated heterocycles. The van der Waals surface area contributed by atoms with E-state index in [0.717, 1.165) is 0 Å². The van der Waals surface area contributed by atoms with Crippen LogP contribution in [0.1, 0.15) is 5.56 Å². The second-order valence-electron chi connectivity index (χ2n) is 2.66. The summed E-state index contributed by atoms with van der Waals surface area (Å²) in [6, 6.07) is 5.31. The lowest BCUT2D eigenvalue weighted by Gasteiger charge is -2.09. The summed E-state index contributed by atoms with van der Waals surface area (Å²) < 4.78 is 22.8. The summed E-state index contributed by atoms with van der Waals surface area (Å²) in [6.07, 6.45) is 0.550. The Labute approximate surface area is 87.6 Å². The van der Waals surface area contributed by atoms with E-state index in [1.54, 1.807) is 0 Å². The molecule has 0 N–H and O–H groups in total. The lowest BCUT2D eigenvalue weighted by Crippen LogP contribution is -2.02. The lowest BCUT2D eigenvalue weighted by atomic mass is 10.1. The summed E-state index contributed by atoms with van der Waals surface area (Å²) in [7, 11) is 1.52. The first kappa shape index (κ1) is 11.3. The predicted octanol–water partition coefficient (Wildman–Crippen LogP) is 2.39. The van der Waals surface area contributed by atoms with Crippen LogP contribution in [0.25, 0.3) is 0 Å². The van der Waals surface area contributed by atoms with Crippen molar-refractivity contribution in [3.8, 4) is 5.75 Å². The molecule has 0 aromatic heterocycles. The van der Waals surface area contributed by atoms with E-state index in [1.807, 2.05) is 0 Å². The van der Waals surface area contributed by atoms with Gasteiger partial charge in [0.15, 0.2) is 6.79 Å². The first-order valence-corrected chi connectivity index (χ1v) is 4.69. The van der Waals surface area contributed by atoms with Gasteiger partial charge in [-0.25, -0.2) is 4.39 Å². The highest BCUT2D eigenvalue weighted by Gasteiger charge is 2.05. The van der Waals surface area contributed by atoms with Crippen molar-refractivity contribution >= 4 is 11.6 Å². The molecule has 0 aliphatic heterocycles. The molecular formula is C10H11ClFO2. The molecule has 2 nitrogen and oxygen atoms in total. The van der Waals surface area contributed by atoms with E-state index in [9.17, 15) is 4.39 Å². The van der Waals surface area contributed by atoms with E-state index in [0.29, 0.717) is 23.6 Å². The van der Waals surface area contributed by atoms with E-state index < -0.39 is 0 Å². The highest BCUT2D eigenvalue weighted by Crippen LogP contribution is 2.19. The van der Waals surface area contributed by atoms with Gasteiger partial charge in [-0.2, -0.15) is 0 Å². The van der Waals surface area contributed by atoms with Gasteiger partial charge in [0.1, 0.15) is 11.6 Å². The Bertz CT molecular complexity index is 291. The molecule has 0 saturated carbocycles. The summed E-state index contributed by atoms with van der Waals surface area (Å²) in [4.78, 5) is 0. The van der Waals surface area contributed by atoms with Crippen molar-refractivity contribution in [1.29, 1.82) is 0 Å². The highest BCUT2D eigenvalue weighted by molar-refractivity contribution is 6.18. The Morgan fingerprint density at radius 3 is 3.00 bits per heavy atom. The molecular weight excluding hydrogens is 207 g/mol. The zero-order valence-electron chi connectivity index (χ0n) is 7.85. The molecule has 77 valence electrons. The van der Waals surface area contributed by atoms with E-state index >= 15 is 0 Å². The summed E-state index contributed by atoms with van der Waals surface area (Å²) in [5.41, 5.74) is 0.706. The van der Waals surface area contributed by atoms with Gasteiger partial charge in [0.25, 0.3) is 0 Å². The normalized spacial score (nSPS) is 10.2. The number of methoxy groups -OCH3 is 1. The maximum Gasteiger partial charge on any atom is 0.188 e. The second-order valence-corrected chi connectivity index (χ2v) is 3.04. The first-order valence-electron chi connectivity index (χ1n) is 4.15. The maximum atomic E-state index is 12.8. The van der Waals surface area contributed by atoms with Gasteiger partial charge in [0.2, 0.25) is 0 Å². The number of hydrogen-bond acceptors (Lipinski definition) is 2. The summed E-state index contributed by atoms with van der Waals surface area (Å²) in [5.74, 6) is 0.574. The number of benzene rings is 1. The van der Waals surface area contributed by atoms with E-state index in [-0.39, 0.29) is 12.6 Å². The lowest BCUT2D eigenvalue weighted by molar-refractivity contribution is 0.0502. The van der Waals surface area contributed by atoms with Crippen LogP contribution in [0.3, 0.4) is 0 Å². The fraction of sp³-hybridized carbons (Fsp3) is 0.400. The summed E-state index contributed by atoms with van der Waals surface area (Å²) in [5, 5.41) is 0. The van der Waals surface area contributed by atoms with Crippen LogP contribution >= 0.6 is 11.6 Å². The second kappa shape index (κ2) is 5.83. The van der Waals surface area contributed by atoms with Crippen LogP contribution in [-0.2, 0) is 11.2 Å². The van der Waals surface area contributed by atoms with Crippen LogP contribution < -0.4 is 4.74 Å². The number of aryl methyl sites for hydroxylation is 1. The largest absolute Gasteiger partial charge is 0.467 e. The van der Waals surface area contributed by atoms with Gasteiger partial charge in [-0.1, -0.05) is 0 Å². The minimum atomic E-state index is -0.338. The molecule has 1 aromatic carbocycles. The minimum absolute atomic E-state index is 0.122. The van der Waals surface area contributed by atoms with Gasteiger partial charge < -0.3 is 9.47 Å². The predicted molar refractivity (Wildman–Crippen MR) is 52.2 cm³/mol. The molecule has 0 amide bonds. The fourth-order valence-electron chi connectivity index (χ4n) is 1.04. The molecule has 1 rings (SSSR count). The molecule has 1 radical (unpaired) electrons. The van der Waals surface area contributed by atoms with Gasteiger partial charge >= 0.3 is 0 Å². The average molecular weight is 218 g/mol.